The summed E-state index contributed by atoms with van der Waals surface area (Å²) in [5, 5.41) is 1.93. The largest absolute Gasteiger partial charge is 0.468 e. The minimum absolute atomic E-state index is 0.0299. The maximum atomic E-state index is 13.1. The van der Waals surface area contributed by atoms with Crippen LogP contribution in [0.2, 0.25) is 5.02 Å². The van der Waals surface area contributed by atoms with Crippen LogP contribution in [-0.4, -0.2) is 25.8 Å². The Kier molecular flexibility index (Phi) is 5.13. The third kappa shape index (κ3) is 5.04. The lowest BCUT2D eigenvalue weighted by Gasteiger charge is -2.18. The number of hydrogen-bond donors (Lipinski definition) is 1. The second-order valence-electron chi connectivity index (χ2n) is 3.66. The number of alkyl halides is 3. The van der Waals surface area contributed by atoms with Gasteiger partial charge in [0.2, 0.25) is 0 Å². The Morgan fingerprint density at radius 1 is 1.42 bits per heavy atom. The van der Waals surface area contributed by atoms with E-state index in [2.05, 4.69) is 4.74 Å². The maximum absolute atomic E-state index is 13.1. The number of nitrogens with one attached hydrogen (secondary N) is 1. The quantitative estimate of drug-likeness (QED) is 0.686. The van der Waals surface area contributed by atoms with Crippen molar-refractivity contribution < 1.29 is 27.1 Å². The van der Waals surface area contributed by atoms with Gasteiger partial charge in [-0.2, -0.15) is 13.2 Å². The van der Waals surface area contributed by atoms with Crippen LogP contribution < -0.4 is 5.32 Å². The Hall–Kier alpha value is -1.34. The molecule has 106 valence electrons. The molecule has 0 aromatic heterocycles. The first kappa shape index (κ1) is 15.7. The van der Waals surface area contributed by atoms with Crippen LogP contribution in [0.1, 0.15) is 11.6 Å². The van der Waals surface area contributed by atoms with E-state index >= 15 is 0 Å². The number of rotatable bonds is 4. The molecular formula is C11H10ClF4NO2. The van der Waals surface area contributed by atoms with E-state index < -0.39 is 30.5 Å². The van der Waals surface area contributed by atoms with E-state index in [1.54, 1.807) is 0 Å². The van der Waals surface area contributed by atoms with Crippen molar-refractivity contribution in [1.82, 2.24) is 5.32 Å². The van der Waals surface area contributed by atoms with Crippen LogP contribution >= 0.6 is 11.6 Å². The van der Waals surface area contributed by atoms with E-state index in [0.29, 0.717) is 0 Å². The van der Waals surface area contributed by atoms with E-state index in [1.165, 1.54) is 6.07 Å². The molecule has 0 fully saturated rings. The minimum Gasteiger partial charge on any atom is -0.468 e. The topological polar surface area (TPSA) is 38.3 Å². The van der Waals surface area contributed by atoms with Crippen molar-refractivity contribution in [2.45, 2.75) is 12.2 Å². The van der Waals surface area contributed by atoms with Gasteiger partial charge in [0, 0.05) is 5.02 Å². The van der Waals surface area contributed by atoms with E-state index in [1.807, 2.05) is 5.32 Å². The molecule has 0 saturated heterocycles. The van der Waals surface area contributed by atoms with Gasteiger partial charge in [-0.25, -0.2) is 9.18 Å². The fourth-order valence-electron chi connectivity index (χ4n) is 1.41. The summed E-state index contributed by atoms with van der Waals surface area (Å²) in [5.74, 6) is -1.73. The van der Waals surface area contributed by atoms with Crippen molar-refractivity contribution in [3.63, 3.8) is 0 Å². The molecule has 0 amide bonds. The summed E-state index contributed by atoms with van der Waals surface area (Å²) in [7, 11) is 1.02. The highest BCUT2D eigenvalue weighted by Gasteiger charge is 2.31. The molecule has 0 aliphatic carbocycles. The molecular weight excluding hydrogens is 290 g/mol. The molecule has 0 spiro atoms. The van der Waals surface area contributed by atoms with Crippen molar-refractivity contribution >= 4 is 17.6 Å². The number of hydrogen-bond acceptors (Lipinski definition) is 3. The summed E-state index contributed by atoms with van der Waals surface area (Å²) in [4.78, 5) is 11.4. The minimum atomic E-state index is -4.51. The molecule has 1 aromatic rings. The molecule has 1 rings (SSSR count). The van der Waals surface area contributed by atoms with Crippen molar-refractivity contribution in [3.05, 3.63) is 34.6 Å². The molecule has 1 aromatic carbocycles. The summed E-state index contributed by atoms with van der Waals surface area (Å²) in [6.45, 7) is -1.42. The third-order valence-corrected chi connectivity index (χ3v) is 2.38. The molecule has 19 heavy (non-hydrogen) atoms. The Bertz CT molecular complexity index is 444. The summed E-state index contributed by atoms with van der Waals surface area (Å²) >= 11 is 5.59. The molecule has 3 nitrogen and oxygen atoms in total. The Balaban J connectivity index is 2.99. The molecule has 1 atom stereocenters. The van der Waals surface area contributed by atoms with Gasteiger partial charge in [-0.3, -0.25) is 5.32 Å². The predicted octanol–water partition coefficient (Wildman–Crippen LogP) is 2.85. The Labute approximate surface area is 111 Å². The lowest BCUT2D eigenvalue weighted by Crippen LogP contribution is -2.36. The SMILES string of the molecule is COC(=O)C(NCC(F)(F)F)c1cc(F)cc(Cl)c1. The lowest BCUT2D eigenvalue weighted by atomic mass is 10.1. The van der Waals surface area contributed by atoms with Gasteiger partial charge in [-0.15, -0.1) is 0 Å². The first-order valence-electron chi connectivity index (χ1n) is 5.07. The summed E-state index contributed by atoms with van der Waals surface area (Å²) in [6, 6.07) is 1.63. The van der Waals surface area contributed by atoms with Gasteiger partial charge in [0.25, 0.3) is 0 Å². The van der Waals surface area contributed by atoms with Crippen LogP contribution in [0.3, 0.4) is 0 Å². The summed E-state index contributed by atoms with van der Waals surface area (Å²) < 4.78 is 53.9. The van der Waals surface area contributed by atoms with Crippen LogP contribution in [0, 0.1) is 5.82 Å². The van der Waals surface area contributed by atoms with Crippen LogP contribution in [-0.2, 0) is 9.53 Å². The molecule has 8 heteroatoms. The second-order valence-corrected chi connectivity index (χ2v) is 4.09. The van der Waals surface area contributed by atoms with Crippen molar-refractivity contribution in [2.24, 2.45) is 0 Å². The number of methoxy groups -OCH3 is 1. The monoisotopic (exact) mass is 299 g/mol. The smallest absolute Gasteiger partial charge is 0.401 e. The second kappa shape index (κ2) is 6.21. The number of ether oxygens (including phenoxy) is 1. The number of halogens is 5. The molecule has 0 radical (unpaired) electrons. The summed E-state index contributed by atoms with van der Waals surface area (Å²) in [6.07, 6.45) is -4.51. The first-order chi connectivity index (χ1) is 8.73. The molecule has 0 saturated carbocycles. The van der Waals surface area contributed by atoms with E-state index in [9.17, 15) is 22.4 Å². The summed E-state index contributed by atoms with van der Waals surface area (Å²) in [5.41, 5.74) is -0.0406. The molecule has 0 aliphatic rings. The standard InChI is InChI=1S/C11H10ClF4NO2/c1-19-10(18)9(17-5-11(14,15)16)6-2-7(12)4-8(13)3-6/h2-4,9,17H,5H2,1H3. The van der Waals surface area contributed by atoms with Gasteiger partial charge in [0.05, 0.1) is 13.7 Å². The highest BCUT2D eigenvalue weighted by molar-refractivity contribution is 6.30. The molecule has 0 heterocycles. The van der Waals surface area contributed by atoms with Crippen molar-refractivity contribution in [3.8, 4) is 0 Å². The van der Waals surface area contributed by atoms with Crippen LogP contribution in [0.5, 0.6) is 0 Å². The fraction of sp³-hybridized carbons (Fsp3) is 0.364. The molecule has 0 aliphatic heterocycles. The van der Waals surface area contributed by atoms with Gasteiger partial charge in [-0.1, -0.05) is 11.6 Å². The number of carbonyl (C=O) groups is 1. The van der Waals surface area contributed by atoms with E-state index in [4.69, 9.17) is 11.6 Å². The van der Waals surface area contributed by atoms with Crippen LogP contribution in [0.4, 0.5) is 17.6 Å². The van der Waals surface area contributed by atoms with Gasteiger partial charge < -0.3 is 4.74 Å². The maximum Gasteiger partial charge on any atom is 0.401 e. The van der Waals surface area contributed by atoms with Crippen molar-refractivity contribution in [2.75, 3.05) is 13.7 Å². The number of carbonyl (C=O) groups excluding carboxylic acids is 1. The van der Waals surface area contributed by atoms with Gasteiger partial charge in [-0.05, 0) is 23.8 Å². The zero-order valence-corrected chi connectivity index (χ0v) is 10.5. The predicted molar refractivity (Wildman–Crippen MR) is 60.2 cm³/mol. The van der Waals surface area contributed by atoms with E-state index in [0.717, 1.165) is 19.2 Å². The highest BCUT2D eigenvalue weighted by atomic mass is 35.5. The number of benzene rings is 1. The normalized spacial score (nSPS) is 13.2. The Morgan fingerprint density at radius 3 is 2.53 bits per heavy atom. The van der Waals surface area contributed by atoms with Gasteiger partial charge >= 0.3 is 12.1 Å². The average Bonchev–Trinajstić information content (AvgIpc) is 2.26. The van der Waals surface area contributed by atoms with Crippen LogP contribution in [0.15, 0.2) is 18.2 Å². The van der Waals surface area contributed by atoms with Gasteiger partial charge in [0.15, 0.2) is 0 Å². The average molecular weight is 300 g/mol. The van der Waals surface area contributed by atoms with E-state index in [-0.39, 0.29) is 10.6 Å². The van der Waals surface area contributed by atoms with Gasteiger partial charge in [0.1, 0.15) is 11.9 Å². The number of esters is 1. The van der Waals surface area contributed by atoms with Crippen LogP contribution in [0.25, 0.3) is 0 Å². The third-order valence-electron chi connectivity index (χ3n) is 2.16. The highest BCUT2D eigenvalue weighted by Crippen LogP contribution is 2.22. The zero-order valence-electron chi connectivity index (χ0n) is 9.72. The lowest BCUT2D eigenvalue weighted by molar-refractivity contribution is -0.146. The fourth-order valence-corrected chi connectivity index (χ4v) is 1.64. The Morgan fingerprint density at radius 2 is 2.05 bits per heavy atom. The van der Waals surface area contributed by atoms with Crippen molar-refractivity contribution in [1.29, 1.82) is 0 Å². The molecule has 1 unspecified atom stereocenters. The first-order valence-corrected chi connectivity index (χ1v) is 5.44. The molecule has 0 bridgehead atoms. The zero-order chi connectivity index (χ0) is 14.6. The molecule has 1 N–H and O–H groups in total.